The van der Waals surface area contributed by atoms with Crippen molar-refractivity contribution in [3.8, 4) is 0 Å². The fourth-order valence-electron chi connectivity index (χ4n) is 0.431. The highest BCUT2D eigenvalue weighted by atomic mass is 36.2. The molecule has 0 saturated carbocycles. The van der Waals surface area contributed by atoms with Crippen molar-refractivity contribution in [2.75, 3.05) is 5.75 Å². The second-order valence-electron chi connectivity index (χ2n) is 2.19. The molecule has 0 bridgehead atoms. The van der Waals surface area contributed by atoms with Gasteiger partial charge in [0.15, 0.2) is 0 Å². The zero-order valence-corrected chi connectivity index (χ0v) is 9.23. The van der Waals surface area contributed by atoms with E-state index in [0.717, 1.165) is 0 Å². The SMILES string of the molecule is CC(C)OC(=O)CS(Cl)(Cl)Cl. The monoisotopic (exact) mass is 238 g/mol. The Kier molecular flexibility index (Phi) is 4.94. The predicted molar refractivity (Wildman–Crippen MR) is 51.2 cm³/mol. The minimum absolute atomic E-state index is 0.129. The largest absolute Gasteiger partial charge is 0.462 e. The zero-order chi connectivity index (χ0) is 9.07. The molecule has 0 spiro atoms. The molecule has 0 aromatic heterocycles. The number of hydrogen-bond acceptors (Lipinski definition) is 2. The van der Waals surface area contributed by atoms with Crippen molar-refractivity contribution in [1.29, 1.82) is 0 Å². The summed E-state index contributed by atoms with van der Waals surface area (Å²) in [6.45, 7) is 3.48. The van der Waals surface area contributed by atoms with Crippen LogP contribution in [0.15, 0.2) is 0 Å². The topological polar surface area (TPSA) is 26.3 Å². The molecule has 68 valence electrons. The van der Waals surface area contributed by atoms with Crippen molar-refractivity contribution in [2.24, 2.45) is 0 Å². The Bertz CT molecular complexity index is 143. The molecule has 0 aliphatic carbocycles. The summed E-state index contributed by atoms with van der Waals surface area (Å²) in [4.78, 5) is 10.8. The smallest absolute Gasteiger partial charge is 0.318 e. The fraction of sp³-hybridized carbons (Fsp3) is 0.800. The highest BCUT2D eigenvalue weighted by Crippen LogP contribution is 2.62. The van der Waals surface area contributed by atoms with Crippen LogP contribution in [-0.2, 0) is 9.53 Å². The molecular formula is C5H9Cl3O2S. The second kappa shape index (κ2) is 4.65. The van der Waals surface area contributed by atoms with Crippen molar-refractivity contribution in [2.45, 2.75) is 20.0 Å². The molecule has 0 N–H and O–H groups in total. The molecule has 0 heterocycles. The van der Waals surface area contributed by atoms with Gasteiger partial charge in [-0.15, -0.1) is 0 Å². The zero-order valence-electron chi connectivity index (χ0n) is 6.14. The molecule has 0 fully saturated rings. The molecular weight excluding hydrogens is 230 g/mol. The van der Waals surface area contributed by atoms with E-state index in [2.05, 4.69) is 0 Å². The number of esters is 1. The molecule has 0 aromatic rings. The van der Waals surface area contributed by atoms with Crippen molar-refractivity contribution in [3.63, 3.8) is 0 Å². The standard InChI is InChI=1S/C5H9Cl3O2S/c1-4(2)10-5(9)3-11(6,7)8/h4H,3H2,1-2H3. The van der Waals surface area contributed by atoms with Crippen LogP contribution >= 0.6 is 39.7 Å². The fourth-order valence-corrected chi connectivity index (χ4v) is 1.57. The van der Waals surface area contributed by atoms with Gasteiger partial charge in [-0.2, -0.15) is 0 Å². The van der Waals surface area contributed by atoms with Gasteiger partial charge in [0.05, 0.1) is 6.10 Å². The van der Waals surface area contributed by atoms with Gasteiger partial charge in [-0.1, -0.05) is 0 Å². The van der Waals surface area contributed by atoms with E-state index in [0.29, 0.717) is 0 Å². The highest BCUT2D eigenvalue weighted by molar-refractivity contribution is 8.79. The Morgan fingerprint density at radius 3 is 2.18 bits per heavy atom. The van der Waals surface area contributed by atoms with Gasteiger partial charge in [0.1, 0.15) is 5.75 Å². The molecule has 2 nitrogen and oxygen atoms in total. The van der Waals surface area contributed by atoms with Crippen molar-refractivity contribution in [3.05, 3.63) is 0 Å². The van der Waals surface area contributed by atoms with Gasteiger partial charge in [-0.3, -0.25) is 4.79 Å². The van der Waals surface area contributed by atoms with Crippen LogP contribution in [0.4, 0.5) is 0 Å². The molecule has 11 heavy (non-hydrogen) atoms. The Hall–Kier alpha value is 0.690. The van der Waals surface area contributed by atoms with Crippen molar-refractivity contribution >= 4 is 45.7 Å². The van der Waals surface area contributed by atoms with Crippen LogP contribution < -0.4 is 0 Å². The maximum Gasteiger partial charge on any atom is 0.318 e. The lowest BCUT2D eigenvalue weighted by Crippen LogP contribution is -2.14. The maximum absolute atomic E-state index is 10.8. The van der Waals surface area contributed by atoms with E-state index in [9.17, 15) is 4.79 Å². The summed E-state index contributed by atoms with van der Waals surface area (Å²) < 4.78 is 4.75. The Labute approximate surface area is 81.0 Å². The van der Waals surface area contributed by atoms with E-state index in [1.165, 1.54) is 0 Å². The van der Waals surface area contributed by atoms with Gasteiger partial charge < -0.3 is 4.74 Å². The first-order chi connectivity index (χ1) is 4.81. The predicted octanol–water partition coefficient (Wildman–Crippen LogP) is 3.20. The maximum atomic E-state index is 10.8. The number of rotatable bonds is 3. The summed E-state index contributed by atoms with van der Waals surface area (Å²) in [5.41, 5.74) is 0. The Morgan fingerprint density at radius 2 is 1.91 bits per heavy atom. The van der Waals surface area contributed by atoms with E-state index in [4.69, 9.17) is 36.8 Å². The molecule has 6 heteroatoms. The Morgan fingerprint density at radius 1 is 1.45 bits per heavy atom. The van der Waals surface area contributed by atoms with Crippen LogP contribution in [0.25, 0.3) is 0 Å². The number of hydrogen-bond donors (Lipinski definition) is 0. The van der Waals surface area contributed by atoms with Gasteiger partial charge in [-0.05, 0) is 45.9 Å². The molecule has 0 aliphatic heterocycles. The van der Waals surface area contributed by atoms with Crippen LogP contribution in [0, 0.1) is 0 Å². The van der Waals surface area contributed by atoms with Gasteiger partial charge in [0.25, 0.3) is 0 Å². The summed E-state index contributed by atoms with van der Waals surface area (Å²) in [6.07, 6.45) is -0.158. The summed E-state index contributed by atoms with van der Waals surface area (Å²) in [5, 5.41) is 0. The summed E-state index contributed by atoms with van der Waals surface area (Å²) >= 11 is 0. The van der Waals surface area contributed by atoms with Gasteiger partial charge in [0.2, 0.25) is 0 Å². The first-order valence-corrected chi connectivity index (χ1v) is 7.18. The first-order valence-electron chi connectivity index (χ1n) is 2.90. The number of carbonyl (C=O) groups is 1. The minimum Gasteiger partial charge on any atom is -0.462 e. The Balaban J connectivity index is 3.71. The number of ether oxygens (including phenoxy) is 1. The average Bonchev–Trinajstić information content (AvgIpc) is 1.53. The van der Waals surface area contributed by atoms with Crippen LogP contribution in [-0.4, -0.2) is 17.8 Å². The third-order valence-corrected chi connectivity index (χ3v) is 2.19. The number of carbonyl (C=O) groups excluding carboxylic acids is 1. The van der Waals surface area contributed by atoms with Crippen LogP contribution in [0.1, 0.15) is 13.8 Å². The quantitative estimate of drug-likeness (QED) is 0.707. The van der Waals surface area contributed by atoms with E-state index in [1.807, 2.05) is 0 Å². The third kappa shape index (κ3) is 8.60. The molecule has 0 atom stereocenters. The lowest BCUT2D eigenvalue weighted by molar-refractivity contribution is -0.144. The van der Waals surface area contributed by atoms with Crippen LogP contribution in [0.2, 0.25) is 0 Å². The molecule has 0 amide bonds. The summed E-state index contributed by atoms with van der Waals surface area (Å²) in [5.74, 6) is -0.592. The molecule has 0 unspecified atom stereocenters. The lowest BCUT2D eigenvalue weighted by Gasteiger charge is -2.15. The summed E-state index contributed by atoms with van der Waals surface area (Å²) in [6, 6.07) is 0. The minimum atomic E-state index is -2.33. The molecule has 0 saturated heterocycles. The summed E-state index contributed by atoms with van der Waals surface area (Å²) in [7, 11) is 13.9. The lowest BCUT2D eigenvalue weighted by atomic mass is 10.5. The van der Waals surface area contributed by atoms with Crippen molar-refractivity contribution < 1.29 is 9.53 Å². The average molecular weight is 240 g/mol. The van der Waals surface area contributed by atoms with Gasteiger partial charge in [-0.25, -0.2) is 0 Å². The molecule has 0 radical (unpaired) electrons. The van der Waals surface area contributed by atoms with Crippen LogP contribution in [0.5, 0.6) is 0 Å². The molecule has 0 rings (SSSR count). The molecule has 0 aliphatic rings. The van der Waals surface area contributed by atoms with E-state index >= 15 is 0 Å². The van der Waals surface area contributed by atoms with Gasteiger partial charge >= 0.3 is 5.97 Å². The van der Waals surface area contributed by atoms with Crippen molar-refractivity contribution in [1.82, 2.24) is 0 Å². The first kappa shape index (κ1) is 11.7. The third-order valence-electron chi connectivity index (χ3n) is 0.649. The number of halogens is 3. The van der Waals surface area contributed by atoms with Gasteiger partial charge in [0, 0.05) is 7.67 Å². The second-order valence-corrected chi connectivity index (χ2v) is 9.64. The van der Waals surface area contributed by atoms with Crippen LogP contribution in [0.3, 0.4) is 0 Å². The van der Waals surface area contributed by atoms with E-state index in [1.54, 1.807) is 13.8 Å². The highest BCUT2D eigenvalue weighted by Gasteiger charge is 2.20. The van der Waals surface area contributed by atoms with E-state index in [-0.39, 0.29) is 11.9 Å². The molecule has 0 aromatic carbocycles. The normalized spacial score (nSPS) is 13.3. The van der Waals surface area contributed by atoms with E-state index < -0.39 is 13.6 Å².